The summed E-state index contributed by atoms with van der Waals surface area (Å²) in [6, 6.07) is 8.77. The Bertz CT molecular complexity index is 896. The minimum atomic E-state index is -3.80. The van der Waals surface area contributed by atoms with Crippen molar-refractivity contribution in [2.24, 2.45) is 0 Å². The van der Waals surface area contributed by atoms with E-state index in [9.17, 15) is 13.2 Å². The van der Waals surface area contributed by atoms with E-state index in [1.54, 1.807) is 19.9 Å². The highest BCUT2D eigenvalue weighted by Gasteiger charge is 2.18. The van der Waals surface area contributed by atoms with Crippen LogP contribution >= 0.6 is 11.6 Å². The molecule has 0 aliphatic carbocycles. The summed E-state index contributed by atoms with van der Waals surface area (Å²) in [5.41, 5.74) is 1.11. The molecule has 1 N–H and O–H groups in total. The van der Waals surface area contributed by atoms with E-state index in [1.165, 1.54) is 37.4 Å². The molecule has 0 amide bonds. The SMILES string of the molecule is CCOC(=O)c1ccc(NS(=O)(=O)c2ccc(OC)c(C)c2)cc1Cl. The quantitative estimate of drug-likeness (QED) is 0.770. The zero-order valence-electron chi connectivity index (χ0n) is 14.0. The predicted octanol–water partition coefficient (Wildman–Crippen LogP) is 3.63. The number of hydrogen-bond donors (Lipinski definition) is 1. The molecule has 2 aromatic rings. The van der Waals surface area contributed by atoms with Crippen LogP contribution in [0.3, 0.4) is 0 Å². The molecule has 0 fully saturated rings. The van der Waals surface area contributed by atoms with Gasteiger partial charge >= 0.3 is 5.97 Å². The van der Waals surface area contributed by atoms with Crippen LogP contribution in [0.5, 0.6) is 5.75 Å². The fourth-order valence-corrected chi connectivity index (χ4v) is 3.58. The van der Waals surface area contributed by atoms with E-state index in [1.807, 2.05) is 0 Å². The Morgan fingerprint density at radius 1 is 1.20 bits per heavy atom. The number of methoxy groups -OCH3 is 1. The van der Waals surface area contributed by atoms with Crippen molar-refractivity contribution >= 4 is 33.3 Å². The lowest BCUT2D eigenvalue weighted by atomic mass is 10.2. The fraction of sp³-hybridized carbons (Fsp3) is 0.235. The first-order chi connectivity index (χ1) is 11.8. The average Bonchev–Trinajstić information content (AvgIpc) is 2.54. The van der Waals surface area contributed by atoms with Gasteiger partial charge in [-0.15, -0.1) is 0 Å². The molecule has 0 heterocycles. The van der Waals surface area contributed by atoms with Gasteiger partial charge in [0.15, 0.2) is 0 Å². The highest BCUT2D eigenvalue weighted by atomic mass is 35.5. The first-order valence-electron chi connectivity index (χ1n) is 7.42. The largest absolute Gasteiger partial charge is 0.496 e. The molecule has 0 unspecified atom stereocenters. The van der Waals surface area contributed by atoms with Crippen LogP contribution < -0.4 is 9.46 Å². The van der Waals surface area contributed by atoms with Crippen LogP contribution in [0.15, 0.2) is 41.3 Å². The van der Waals surface area contributed by atoms with Gasteiger partial charge in [-0.3, -0.25) is 4.72 Å². The van der Waals surface area contributed by atoms with Crippen LogP contribution in [0.2, 0.25) is 5.02 Å². The minimum Gasteiger partial charge on any atom is -0.496 e. The first kappa shape index (κ1) is 19.1. The molecule has 0 aliphatic heterocycles. The molecule has 0 saturated carbocycles. The molecule has 0 atom stereocenters. The summed E-state index contributed by atoms with van der Waals surface area (Å²) >= 11 is 6.05. The molecule has 25 heavy (non-hydrogen) atoms. The monoisotopic (exact) mass is 383 g/mol. The second-order valence-electron chi connectivity index (χ2n) is 5.15. The van der Waals surface area contributed by atoms with Crippen molar-refractivity contribution in [1.29, 1.82) is 0 Å². The molecule has 0 bridgehead atoms. The molecule has 134 valence electrons. The van der Waals surface area contributed by atoms with Crippen molar-refractivity contribution in [2.45, 2.75) is 18.7 Å². The second kappa shape index (κ2) is 7.76. The summed E-state index contributed by atoms with van der Waals surface area (Å²) in [5.74, 6) is 0.0356. The highest BCUT2D eigenvalue weighted by molar-refractivity contribution is 7.92. The third kappa shape index (κ3) is 4.43. The van der Waals surface area contributed by atoms with Gasteiger partial charge in [-0.2, -0.15) is 0 Å². The van der Waals surface area contributed by atoms with E-state index in [0.717, 1.165) is 0 Å². The van der Waals surface area contributed by atoms with Crippen LogP contribution in [0.4, 0.5) is 5.69 Å². The third-order valence-electron chi connectivity index (χ3n) is 3.39. The van der Waals surface area contributed by atoms with Gasteiger partial charge in [-0.25, -0.2) is 13.2 Å². The van der Waals surface area contributed by atoms with Gasteiger partial charge in [-0.1, -0.05) is 11.6 Å². The normalized spacial score (nSPS) is 11.0. The van der Waals surface area contributed by atoms with Crippen molar-refractivity contribution in [1.82, 2.24) is 0 Å². The second-order valence-corrected chi connectivity index (χ2v) is 7.24. The number of carbonyl (C=O) groups is 1. The molecule has 0 saturated heterocycles. The molecule has 0 aromatic heterocycles. The van der Waals surface area contributed by atoms with Crippen LogP contribution in [-0.2, 0) is 14.8 Å². The van der Waals surface area contributed by atoms with Crippen LogP contribution in [0, 0.1) is 6.92 Å². The summed E-state index contributed by atoms with van der Waals surface area (Å²) in [6.07, 6.45) is 0. The molecule has 0 aliphatic rings. The number of anilines is 1. The summed E-state index contributed by atoms with van der Waals surface area (Å²) in [6.45, 7) is 3.66. The van der Waals surface area contributed by atoms with Crippen LogP contribution in [-0.4, -0.2) is 28.1 Å². The third-order valence-corrected chi connectivity index (χ3v) is 5.08. The molecule has 6 nitrogen and oxygen atoms in total. The summed E-state index contributed by atoms with van der Waals surface area (Å²) in [7, 11) is -2.29. The lowest BCUT2D eigenvalue weighted by Gasteiger charge is -2.12. The maximum Gasteiger partial charge on any atom is 0.339 e. The molecular formula is C17H18ClNO5S. The first-order valence-corrected chi connectivity index (χ1v) is 9.28. The lowest BCUT2D eigenvalue weighted by molar-refractivity contribution is 0.0526. The number of esters is 1. The number of carbonyl (C=O) groups excluding carboxylic acids is 1. The number of hydrogen-bond acceptors (Lipinski definition) is 5. The Balaban J connectivity index is 2.27. The molecule has 2 aromatic carbocycles. The number of sulfonamides is 1. The van der Waals surface area contributed by atoms with Crippen LogP contribution in [0.25, 0.3) is 0 Å². The van der Waals surface area contributed by atoms with Gasteiger partial charge in [-0.05, 0) is 55.8 Å². The van der Waals surface area contributed by atoms with E-state index in [2.05, 4.69) is 4.72 Å². The van der Waals surface area contributed by atoms with Crippen molar-refractivity contribution in [3.63, 3.8) is 0 Å². The van der Waals surface area contributed by atoms with Crippen molar-refractivity contribution in [2.75, 3.05) is 18.4 Å². The average molecular weight is 384 g/mol. The number of benzene rings is 2. The predicted molar refractivity (Wildman–Crippen MR) is 95.9 cm³/mol. The van der Waals surface area contributed by atoms with Gasteiger partial charge in [0.1, 0.15) is 5.75 Å². The lowest BCUT2D eigenvalue weighted by Crippen LogP contribution is -2.13. The molecule has 0 spiro atoms. The Morgan fingerprint density at radius 2 is 1.92 bits per heavy atom. The number of nitrogens with one attached hydrogen (secondary N) is 1. The number of aryl methyl sites for hydroxylation is 1. The summed E-state index contributed by atoms with van der Waals surface area (Å²) in [5, 5.41) is 0.101. The van der Waals surface area contributed by atoms with Gasteiger partial charge in [0.05, 0.1) is 34.9 Å². The standard InChI is InChI=1S/C17H18ClNO5S/c1-4-24-17(20)14-7-5-12(10-15(14)18)19-25(21,22)13-6-8-16(23-3)11(2)9-13/h5-10,19H,4H2,1-3H3. The summed E-state index contributed by atoms with van der Waals surface area (Å²) in [4.78, 5) is 11.8. The Kier molecular flexibility index (Phi) is 5.92. The highest BCUT2D eigenvalue weighted by Crippen LogP contribution is 2.26. The summed E-state index contributed by atoms with van der Waals surface area (Å²) < 4.78 is 37.4. The number of halogens is 1. The van der Waals surface area contributed by atoms with E-state index in [-0.39, 0.29) is 27.8 Å². The Labute approximate surface area is 151 Å². The van der Waals surface area contributed by atoms with Gasteiger partial charge < -0.3 is 9.47 Å². The van der Waals surface area contributed by atoms with E-state index in [4.69, 9.17) is 21.1 Å². The smallest absolute Gasteiger partial charge is 0.339 e. The maximum atomic E-state index is 12.5. The number of ether oxygens (including phenoxy) is 2. The topological polar surface area (TPSA) is 81.7 Å². The molecular weight excluding hydrogens is 366 g/mol. The van der Waals surface area contributed by atoms with E-state index < -0.39 is 16.0 Å². The molecule has 0 radical (unpaired) electrons. The van der Waals surface area contributed by atoms with E-state index in [0.29, 0.717) is 11.3 Å². The van der Waals surface area contributed by atoms with E-state index >= 15 is 0 Å². The zero-order chi connectivity index (χ0) is 18.6. The number of rotatable bonds is 6. The molecule has 8 heteroatoms. The van der Waals surface area contributed by atoms with Crippen molar-refractivity contribution in [3.8, 4) is 5.75 Å². The van der Waals surface area contributed by atoms with Gasteiger partial charge in [0.2, 0.25) is 0 Å². The maximum absolute atomic E-state index is 12.5. The van der Waals surface area contributed by atoms with Crippen molar-refractivity contribution in [3.05, 3.63) is 52.5 Å². The van der Waals surface area contributed by atoms with Crippen LogP contribution in [0.1, 0.15) is 22.8 Å². The minimum absolute atomic E-state index is 0.0939. The van der Waals surface area contributed by atoms with Gasteiger partial charge in [0.25, 0.3) is 10.0 Å². The van der Waals surface area contributed by atoms with Gasteiger partial charge in [0, 0.05) is 0 Å². The zero-order valence-corrected chi connectivity index (χ0v) is 15.6. The molecule has 2 rings (SSSR count). The Hall–Kier alpha value is -2.25. The Morgan fingerprint density at radius 3 is 2.48 bits per heavy atom. The van der Waals surface area contributed by atoms with Crippen molar-refractivity contribution < 1.29 is 22.7 Å². The fourth-order valence-electron chi connectivity index (χ4n) is 2.19.